The zero-order valence-electron chi connectivity index (χ0n) is 13.4. The first kappa shape index (κ1) is 15.1. The van der Waals surface area contributed by atoms with Gasteiger partial charge in [0.1, 0.15) is 11.4 Å². The van der Waals surface area contributed by atoms with E-state index < -0.39 is 0 Å². The number of carbonyl (C=O) groups is 1. The maximum atomic E-state index is 12.5. The molecular weight excluding hydrogens is 290 g/mol. The summed E-state index contributed by atoms with van der Waals surface area (Å²) in [5.41, 5.74) is 5.00. The van der Waals surface area contributed by atoms with E-state index in [1.165, 1.54) is 0 Å². The summed E-state index contributed by atoms with van der Waals surface area (Å²) >= 11 is 0. The third-order valence-corrected chi connectivity index (χ3v) is 4.01. The fourth-order valence-corrected chi connectivity index (χ4v) is 2.66. The lowest BCUT2D eigenvalue weighted by Crippen LogP contribution is -2.13. The van der Waals surface area contributed by atoms with E-state index in [4.69, 9.17) is 0 Å². The maximum Gasteiger partial charge on any atom is 0.257 e. The summed E-state index contributed by atoms with van der Waals surface area (Å²) in [5.74, 6) is -0.00473. The average molecular weight is 309 g/mol. The van der Waals surface area contributed by atoms with Gasteiger partial charge < -0.3 is 14.8 Å². The van der Waals surface area contributed by atoms with Gasteiger partial charge in [-0.1, -0.05) is 6.92 Å². The number of phenols is 1. The number of phenolic OH excluding ortho intramolecular Hbond substituents is 1. The molecule has 1 aromatic carbocycles. The van der Waals surface area contributed by atoms with Crippen LogP contribution in [0.15, 0.2) is 36.5 Å². The van der Waals surface area contributed by atoms with Crippen LogP contribution in [0.4, 0.5) is 5.69 Å². The van der Waals surface area contributed by atoms with Gasteiger partial charge in [0.25, 0.3) is 5.91 Å². The van der Waals surface area contributed by atoms with Crippen molar-refractivity contribution in [3.63, 3.8) is 0 Å². The molecule has 0 atom stereocenters. The third kappa shape index (κ3) is 2.77. The molecule has 23 heavy (non-hydrogen) atoms. The van der Waals surface area contributed by atoms with Crippen LogP contribution >= 0.6 is 0 Å². The van der Waals surface area contributed by atoms with Crippen LogP contribution in [0.25, 0.3) is 5.65 Å². The predicted octanol–water partition coefficient (Wildman–Crippen LogP) is 3.47. The number of nitrogens with zero attached hydrogens (tertiary/aromatic N) is 2. The van der Waals surface area contributed by atoms with Crippen molar-refractivity contribution in [2.45, 2.75) is 27.2 Å². The van der Waals surface area contributed by atoms with Crippen LogP contribution in [0.3, 0.4) is 0 Å². The van der Waals surface area contributed by atoms with Crippen LogP contribution in [0.5, 0.6) is 5.75 Å². The van der Waals surface area contributed by atoms with E-state index in [9.17, 15) is 9.90 Å². The second kappa shape index (κ2) is 5.76. The molecule has 5 heteroatoms. The van der Waals surface area contributed by atoms with E-state index in [1.807, 2.05) is 30.5 Å². The summed E-state index contributed by atoms with van der Waals surface area (Å²) in [6.45, 7) is 5.91. The molecule has 0 aliphatic carbocycles. The topological polar surface area (TPSA) is 66.6 Å². The third-order valence-electron chi connectivity index (χ3n) is 4.01. The molecule has 0 aliphatic rings. The molecule has 0 bridgehead atoms. The number of imidazole rings is 1. The SMILES string of the molecule is CCc1nc2ccc(C(=O)Nc3ccc(O)cc3C)cn2c1C. The van der Waals surface area contributed by atoms with Crippen LogP contribution in [0.1, 0.15) is 34.2 Å². The van der Waals surface area contributed by atoms with E-state index in [0.29, 0.717) is 11.3 Å². The fourth-order valence-electron chi connectivity index (χ4n) is 2.66. The highest BCUT2D eigenvalue weighted by molar-refractivity contribution is 6.04. The van der Waals surface area contributed by atoms with Crippen molar-refractivity contribution >= 4 is 17.2 Å². The molecule has 118 valence electrons. The number of carbonyl (C=O) groups excluding carboxylic acids is 1. The average Bonchev–Trinajstić information content (AvgIpc) is 2.86. The molecule has 0 saturated carbocycles. The van der Waals surface area contributed by atoms with Crippen molar-refractivity contribution in [2.75, 3.05) is 5.32 Å². The number of aromatic hydroxyl groups is 1. The Kier molecular flexibility index (Phi) is 3.78. The minimum atomic E-state index is -0.188. The van der Waals surface area contributed by atoms with Gasteiger partial charge in [-0.15, -0.1) is 0 Å². The summed E-state index contributed by atoms with van der Waals surface area (Å²) in [6, 6.07) is 8.49. The summed E-state index contributed by atoms with van der Waals surface area (Å²) in [7, 11) is 0. The van der Waals surface area contributed by atoms with Crippen molar-refractivity contribution < 1.29 is 9.90 Å². The van der Waals surface area contributed by atoms with Gasteiger partial charge in [-0.25, -0.2) is 4.98 Å². The van der Waals surface area contributed by atoms with Gasteiger partial charge in [0.2, 0.25) is 0 Å². The first-order valence-corrected chi connectivity index (χ1v) is 7.58. The Hall–Kier alpha value is -2.82. The number of benzene rings is 1. The highest BCUT2D eigenvalue weighted by atomic mass is 16.3. The van der Waals surface area contributed by atoms with Gasteiger partial charge in [0, 0.05) is 17.6 Å². The molecular formula is C18H19N3O2. The first-order chi connectivity index (χ1) is 11.0. The molecule has 0 radical (unpaired) electrons. The zero-order valence-corrected chi connectivity index (χ0v) is 13.4. The quantitative estimate of drug-likeness (QED) is 0.728. The maximum absolute atomic E-state index is 12.5. The Morgan fingerprint density at radius 1 is 1.26 bits per heavy atom. The number of anilines is 1. The number of hydrogen-bond donors (Lipinski definition) is 2. The Labute approximate surface area is 134 Å². The zero-order chi connectivity index (χ0) is 16.6. The lowest BCUT2D eigenvalue weighted by Gasteiger charge is -2.09. The Bertz CT molecular complexity index is 897. The van der Waals surface area contributed by atoms with Crippen molar-refractivity contribution in [3.05, 3.63) is 59.0 Å². The summed E-state index contributed by atoms with van der Waals surface area (Å²) in [5, 5.41) is 12.3. The molecule has 0 fully saturated rings. The van der Waals surface area contributed by atoms with E-state index in [2.05, 4.69) is 17.2 Å². The number of fused-ring (bicyclic) bond motifs is 1. The van der Waals surface area contributed by atoms with Crippen LogP contribution in [0, 0.1) is 13.8 Å². The number of aryl methyl sites for hydroxylation is 3. The fraction of sp³-hybridized carbons (Fsp3) is 0.222. The van der Waals surface area contributed by atoms with Gasteiger partial charge in [-0.2, -0.15) is 0 Å². The van der Waals surface area contributed by atoms with E-state index >= 15 is 0 Å². The molecule has 2 N–H and O–H groups in total. The lowest BCUT2D eigenvalue weighted by molar-refractivity contribution is 0.102. The molecule has 3 rings (SSSR count). The summed E-state index contributed by atoms with van der Waals surface area (Å²) in [4.78, 5) is 17.0. The lowest BCUT2D eigenvalue weighted by atomic mass is 10.1. The second-order valence-electron chi connectivity index (χ2n) is 5.60. The van der Waals surface area contributed by atoms with Crippen molar-refractivity contribution in [1.29, 1.82) is 0 Å². The highest BCUT2D eigenvalue weighted by Gasteiger charge is 2.12. The number of hydrogen-bond acceptors (Lipinski definition) is 3. The molecule has 3 aromatic rings. The molecule has 5 nitrogen and oxygen atoms in total. The Balaban J connectivity index is 1.93. The minimum absolute atomic E-state index is 0.183. The number of aromatic nitrogens is 2. The van der Waals surface area contributed by atoms with Crippen molar-refractivity contribution in [2.24, 2.45) is 0 Å². The standard InChI is InChI=1S/C18H19N3O2/c1-4-15-12(3)21-10-13(5-8-17(21)19-15)18(23)20-16-7-6-14(22)9-11(16)2/h5-10,22H,4H2,1-3H3,(H,20,23). The summed E-state index contributed by atoms with van der Waals surface area (Å²) < 4.78 is 1.94. The van der Waals surface area contributed by atoms with Crippen molar-refractivity contribution in [1.82, 2.24) is 9.38 Å². The normalized spacial score (nSPS) is 10.9. The predicted molar refractivity (Wildman–Crippen MR) is 90.1 cm³/mol. The highest BCUT2D eigenvalue weighted by Crippen LogP contribution is 2.21. The number of pyridine rings is 1. The molecule has 0 saturated heterocycles. The van der Waals surface area contributed by atoms with Crippen LogP contribution in [0.2, 0.25) is 0 Å². The molecule has 0 aliphatic heterocycles. The summed E-state index contributed by atoms with van der Waals surface area (Å²) in [6.07, 6.45) is 2.67. The molecule has 0 unspecified atom stereocenters. The minimum Gasteiger partial charge on any atom is -0.508 e. The van der Waals surface area contributed by atoms with Gasteiger partial charge in [-0.05, 0) is 56.2 Å². The van der Waals surface area contributed by atoms with Crippen LogP contribution < -0.4 is 5.32 Å². The van der Waals surface area contributed by atoms with Gasteiger partial charge in [0.15, 0.2) is 0 Å². The first-order valence-electron chi connectivity index (χ1n) is 7.58. The van der Waals surface area contributed by atoms with E-state index in [1.54, 1.807) is 24.3 Å². The number of rotatable bonds is 3. The Morgan fingerprint density at radius 2 is 2.04 bits per heavy atom. The van der Waals surface area contributed by atoms with Gasteiger partial charge in [0.05, 0.1) is 11.3 Å². The monoisotopic (exact) mass is 309 g/mol. The Morgan fingerprint density at radius 3 is 2.74 bits per heavy atom. The van der Waals surface area contributed by atoms with Gasteiger partial charge in [-0.3, -0.25) is 4.79 Å². The molecule has 2 heterocycles. The second-order valence-corrected chi connectivity index (χ2v) is 5.60. The van der Waals surface area contributed by atoms with Crippen LogP contribution in [-0.2, 0) is 6.42 Å². The largest absolute Gasteiger partial charge is 0.508 e. The van der Waals surface area contributed by atoms with E-state index in [-0.39, 0.29) is 11.7 Å². The van der Waals surface area contributed by atoms with Crippen molar-refractivity contribution in [3.8, 4) is 5.75 Å². The number of amides is 1. The van der Waals surface area contributed by atoms with Gasteiger partial charge >= 0.3 is 0 Å². The van der Waals surface area contributed by atoms with E-state index in [0.717, 1.165) is 29.0 Å². The smallest absolute Gasteiger partial charge is 0.257 e. The van der Waals surface area contributed by atoms with Crippen LogP contribution in [-0.4, -0.2) is 20.4 Å². The molecule has 0 spiro atoms. The molecule has 1 amide bonds. The number of nitrogens with one attached hydrogen (secondary N) is 1. The molecule has 2 aromatic heterocycles.